The van der Waals surface area contributed by atoms with Crippen molar-refractivity contribution in [3.8, 4) is 5.75 Å². The second kappa shape index (κ2) is 3.41. The average molecular weight is 227 g/mol. The van der Waals surface area contributed by atoms with E-state index < -0.39 is 27.8 Å². The highest BCUT2D eigenvalue weighted by molar-refractivity contribution is 5.51. The van der Waals surface area contributed by atoms with Crippen LogP contribution in [0.5, 0.6) is 5.75 Å². The maximum Gasteiger partial charge on any atom is 0.313 e. The summed E-state index contributed by atoms with van der Waals surface area (Å²) in [5, 5.41) is 29.7. The van der Waals surface area contributed by atoms with Gasteiger partial charge >= 0.3 is 5.69 Å². The molecule has 1 aromatic carbocycles. The Hall–Kier alpha value is -1.69. The molecule has 0 amide bonds. The Kier molecular flexibility index (Phi) is 2.31. The number of aromatic hydroxyl groups is 1. The van der Waals surface area contributed by atoms with Gasteiger partial charge in [-0.05, 0) is 18.9 Å². The SMILES string of the molecule is O=[N+]([O-])c1cc(F)cc(CC2(O)CC2)c1O. The fraction of sp³-hybridized carbons (Fsp3) is 0.400. The predicted molar refractivity (Wildman–Crippen MR) is 52.6 cm³/mol. The van der Waals surface area contributed by atoms with Crippen molar-refractivity contribution in [1.29, 1.82) is 0 Å². The minimum Gasteiger partial charge on any atom is -0.502 e. The van der Waals surface area contributed by atoms with Crippen LogP contribution in [0.3, 0.4) is 0 Å². The Balaban J connectivity index is 2.40. The molecule has 0 radical (unpaired) electrons. The molecule has 1 saturated carbocycles. The summed E-state index contributed by atoms with van der Waals surface area (Å²) in [4.78, 5) is 9.68. The van der Waals surface area contributed by atoms with Crippen LogP contribution in [0, 0.1) is 15.9 Å². The van der Waals surface area contributed by atoms with E-state index in [0.29, 0.717) is 18.9 Å². The lowest BCUT2D eigenvalue weighted by Crippen LogP contribution is -2.11. The summed E-state index contributed by atoms with van der Waals surface area (Å²) in [5.74, 6) is -1.35. The van der Waals surface area contributed by atoms with Crippen LogP contribution in [0.2, 0.25) is 0 Å². The maximum atomic E-state index is 13.1. The number of phenols is 1. The summed E-state index contributed by atoms with van der Waals surface area (Å²) in [6.45, 7) is 0. The average Bonchev–Trinajstić information content (AvgIpc) is 2.89. The van der Waals surface area contributed by atoms with Gasteiger partial charge in [0, 0.05) is 12.0 Å². The van der Waals surface area contributed by atoms with E-state index in [0.717, 1.165) is 6.07 Å². The van der Waals surface area contributed by atoms with E-state index in [1.54, 1.807) is 0 Å². The van der Waals surface area contributed by atoms with E-state index in [1.165, 1.54) is 0 Å². The molecule has 0 aliphatic heterocycles. The van der Waals surface area contributed by atoms with Gasteiger partial charge in [0.15, 0.2) is 5.75 Å². The molecule has 0 spiro atoms. The zero-order chi connectivity index (χ0) is 11.9. The summed E-state index contributed by atoms with van der Waals surface area (Å²) in [5.41, 5.74) is -1.52. The van der Waals surface area contributed by atoms with Crippen LogP contribution in [0.25, 0.3) is 0 Å². The van der Waals surface area contributed by atoms with Crippen LogP contribution in [-0.4, -0.2) is 20.7 Å². The van der Waals surface area contributed by atoms with Gasteiger partial charge in [-0.1, -0.05) is 0 Å². The molecule has 1 aliphatic carbocycles. The highest BCUT2D eigenvalue weighted by Gasteiger charge is 2.41. The van der Waals surface area contributed by atoms with Gasteiger partial charge in [0.05, 0.1) is 16.6 Å². The third kappa shape index (κ3) is 1.96. The zero-order valence-electron chi connectivity index (χ0n) is 8.31. The molecule has 16 heavy (non-hydrogen) atoms. The van der Waals surface area contributed by atoms with Crippen molar-refractivity contribution in [2.24, 2.45) is 0 Å². The monoisotopic (exact) mass is 227 g/mol. The van der Waals surface area contributed by atoms with E-state index in [1.807, 2.05) is 0 Å². The lowest BCUT2D eigenvalue weighted by molar-refractivity contribution is -0.386. The lowest BCUT2D eigenvalue weighted by Gasteiger charge is -2.09. The molecule has 2 rings (SSSR count). The first-order chi connectivity index (χ1) is 7.41. The molecule has 6 heteroatoms. The number of benzene rings is 1. The van der Waals surface area contributed by atoms with E-state index in [4.69, 9.17) is 0 Å². The first kappa shape index (κ1) is 10.8. The molecule has 0 unspecified atom stereocenters. The summed E-state index contributed by atoms with van der Waals surface area (Å²) in [7, 11) is 0. The summed E-state index contributed by atoms with van der Waals surface area (Å²) in [6.07, 6.45) is 1.17. The number of hydrogen-bond donors (Lipinski definition) is 2. The highest BCUT2D eigenvalue weighted by atomic mass is 19.1. The summed E-state index contributed by atoms with van der Waals surface area (Å²) >= 11 is 0. The number of nitro groups is 1. The van der Waals surface area contributed by atoms with Crippen molar-refractivity contribution >= 4 is 5.69 Å². The van der Waals surface area contributed by atoms with Crippen LogP contribution in [0.1, 0.15) is 18.4 Å². The maximum absolute atomic E-state index is 13.1. The Morgan fingerprint density at radius 1 is 1.50 bits per heavy atom. The molecule has 0 bridgehead atoms. The Bertz CT molecular complexity index is 456. The largest absolute Gasteiger partial charge is 0.502 e. The van der Waals surface area contributed by atoms with Crippen LogP contribution in [0.4, 0.5) is 10.1 Å². The molecular weight excluding hydrogens is 217 g/mol. The summed E-state index contributed by atoms with van der Waals surface area (Å²) in [6, 6.07) is 1.68. The highest BCUT2D eigenvalue weighted by Crippen LogP contribution is 2.42. The Morgan fingerprint density at radius 3 is 2.62 bits per heavy atom. The predicted octanol–water partition coefficient (Wildman–Crippen LogP) is 1.51. The van der Waals surface area contributed by atoms with E-state index in [2.05, 4.69) is 0 Å². The van der Waals surface area contributed by atoms with Gasteiger partial charge in [-0.25, -0.2) is 4.39 Å². The van der Waals surface area contributed by atoms with Gasteiger partial charge in [-0.3, -0.25) is 10.1 Å². The molecule has 5 nitrogen and oxygen atoms in total. The van der Waals surface area contributed by atoms with Gasteiger partial charge in [0.25, 0.3) is 0 Å². The van der Waals surface area contributed by atoms with Crippen LogP contribution >= 0.6 is 0 Å². The standard InChI is InChI=1S/C10H10FNO4/c11-7-3-6(5-10(14)1-2-10)9(13)8(4-7)12(15)16/h3-4,13-14H,1-2,5H2. The van der Waals surface area contributed by atoms with Gasteiger partial charge in [-0.2, -0.15) is 0 Å². The number of nitrogens with zero attached hydrogens (tertiary/aromatic N) is 1. The van der Waals surface area contributed by atoms with Gasteiger partial charge in [0.1, 0.15) is 5.82 Å². The number of nitro benzene ring substituents is 1. The normalized spacial score (nSPS) is 17.1. The molecule has 0 saturated heterocycles. The van der Waals surface area contributed by atoms with Crippen molar-refractivity contribution in [3.63, 3.8) is 0 Å². The molecule has 0 aromatic heterocycles. The van der Waals surface area contributed by atoms with Crippen molar-refractivity contribution in [2.45, 2.75) is 24.9 Å². The fourth-order valence-electron chi connectivity index (χ4n) is 1.59. The second-order valence-electron chi connectivity index (χ2n) is 4.09. The number of hydrogen-bond acceptors (Lipinski definition) is 4. The Labute approximate surface area is 90.3 Å². The first-order valence-corrected chi connectivity index (χ1v) is 4.79. The molecular formula is C10H10FNO4. The lowest BCUT2D eigenvalue weighted by atomic mass is 10.0. The zero-order valence-corrected chi connectivity index (χ0v) is 8.31. The smallest absolute Gasteiger partial charge is 0.313 e. The molecule has 0 atom stereocenters. The number of halogens is 1. The van der Waals surface area contributed by atoms with Crippen LogP contribution in [-0.2, 0) is 6.42 Å². The van der Waals surface area contributed by atoms with Crippen LogP contribution < -0.4 is 0 Å². The van der Waals surface area contributed by atoms with E-state index in [-0.39, 0.29) is 12.0 Å². The quantitative estimate of drug-likeness (QED) is 0.605. The Morgan fingerprint density at radius 2 is 2.12 bits per heavy atom. The number of aliphatic hydroxyl groups is 1. The third-order valence-corrected chi connectivity index (χ3v) is 2.68. The molecule has 1 aliphatic rings. The van der Waals surface area contributed by atoms with E-state index in [9.17, 15) is 24.7 Å². The van der Waals surface area contributed by atoms with Crippen molar-refractivity contribution in [1.82, 2.24) is 0 Å². The second-order valence-corrected chi connectivity index (χ2v) is 4.09. The molecule has 86 valence electrons. The first-order valence-electron chi connectivity index (χ1n) is 4.79. The molecule has 0 heterocycles. The minimum atomic E-state index is -0.931. The molecule has 1 aromatic rings. The third-order valence-electron chi connectivity index (χ3n) is 2.68. The fourth-order valence-corrected chi connectivity index (χ4v) is 1.59. The number of rotatable bonds is 3. The number of phenolic OH excluding ortho intramolecular Hbond substituents is 1. The topological polar surface area (TPSA) is 83.6 Å². The van der Waals surface area contributed by atoms with Crippen molar-refractivity contribution in [3.05, 3.63) is 33.6 Å². The van der Waals surface area contributed by atoms with E-state index >= 15 is 0 Å². The summed E-state index contributed by atoms with van der Waals surface area (Å²) < 4.78 is 13.1. The van der Waals surface area contributed by atoms with Gasteiger partial charge in [-0.15, -0.1) is 0 Å². The van der Waals surface area contributed by atoms with Crippen molar-refractivity contribution < 1.29 is 19.5 Å². The molecule has 1 fully saturated rings. The minimum absolute atomic E-state index is 0.0391. The van der Waals surface area contributed by atoms with Gasteiger partial charge in [0.2, 0.25) is 0 Å². The molecule has 2 N–H and O–H groups in total. The van der Waals surface area contributed by atoms with Crippen LogP contribution in [0.15, 0.2) is 12.1 Å². The van der Waals surface area contributed by atoms with Gasteiger partial charge < -0.3 is 10.2 Å². The van der Waals surface area contributed by atoms with Crippen molar-refractivity contribution in [2.75, 3.05) is 0 Å².